The van der Waals surface area contributed by atoms with Crippen LogP contribution in [0, 0.1) is 29.6 Å². The quantitative estimate of drug-likeness (QED) is 0.618. The predicted octanol–water partition coefficient (Wildman–Crippen LogP) is 4.02. The summed E-state index contributed by atoms with van der Waals surface area (Å²) in [5, 5.41) is 20.6. The molecule has 2 aromatic rings. The molecular weight excluding hydrogens is 336 g/mol. The van der Waals surface area contributed by atoms with Crippen LogP contribution in [-0.4, -0.2) is 25.8 Å². The fraction of sp³-hybridized carbons (Fsp3) is 0.522. The Morgan fingerprint density at radius 1 is 1.26 bits per heavy atom. The third-order valence-electron chi connectivity index (χ3n) is 7.51. The van der Waals surface area contributed by atoms with Gasteiger partial charge in [0.2, 0.25) is 0 Å². The lowest BCUT2D eigenvalue weighted by Gasteiger charge is -2.52. The number of aryl methyl sites for hydroxylation is 1. The molecule has 5 rings (SSSR count). The molecule has 0 aliphatic heterocycles. The van der Waals surface area contributed by atoms with Gasteiger partial charge in [0.25, 0.3) is 0 Å². The molecule has 0 radical (unpaired) electrons. The van der Waals surface area contributed by atoms with Crippen molar-refractivity contribution in [3.05, 3.63) is 48.0 Å². The van der Waals surface area contributed by atoms with E-state index < -0.39 is 5.60 Å². The summed E-state index contributed by atoms with van der Waals surface area (Å²) in [6, 6.07) is 5.87. The van der Waals surface area contributed by atoms with Crippen molar-refractivity contribution in [3.8, 4) is 18.1 Å². The van der Waals surface area contributed by atoms with E-state index in [9.17, 15) is 10.2 Å². The van der Waals surface area contributed by atoms with Gasteiger partial charge >= 0.3 is 0 Å². The molecule has 1 aromatic carbocycles. The fourth-order valence-electron chi connectivity index (χ4n) is 6.04. The number of aromatic nitrogens is 2. The maximum absolute atomic E-state index is 10.9. The van der Waals surface area contributed by atoms with Crippen LogP contribution in [0.25, 0.3) is 0 Å². The monoisotopic (exact) mass is 364 g/mol. The van der Waals surface area contributed by atoms with Gasteiger partial charge in [-0.3, -0.25) is 0 Å². The molecule has 2 saturated carbocycles. The number of aromatic hydroxyl groups is 1. The number of nitrogens with one attached hydrogen (secondary N) is 1. The van der Waals surface area contributed by atoms with Gasteiger partial charge in [-0.15, -0.1) is 6.42 Å². The number of phenols is 1. The zero-order chi connectivity index (χ0) is 19.1. The second-order valence-corrected chi connectivity index (χ2v) is 8.56. The molecule has 0 spiro atoms. The average Bonchev–Trinajstić information content (AvgIpc) is 3.33. The first-order valence-electron chi connectivity index (χ1n) is 9.93. The van der Waals surface area contributed by atoms with Crippen LogP contribution >= 0.6 is 0 Å². The maximum atomic E-state index is 10.9. The highest BCUT2D eigenvalue weighted by molar-refractivity contribution is 5.40. The van der Waals surface area contributed by atoms with Crippen molar-refractivity contribution < 1.29 is 10.2 Å². The summed E-state index contributed by atoms with van der Waals surface area (Å²) in [6.07, 6.45) is 16.9. The van der Waals surface area contributed by atoms with Gasteiger partial charge in [-0.05, 0) is 79.5 Å². The predicted molar refractivity (Wildman–Crippen MR) is 105 cm³/mol. The summed E-state index contributed by atoms with van der Waals surface area (Å²) in [7, 11) is 0. The molecule has 0 unspecified atom stereocenters. The van der Waals surface area contributed by atoms with E-state index in [4.69, 9.17) is 6.42 Å². The highest BCUT2D eigenvalue weighted by Gasteiger charge is 2.61. The molecule has 0 bridgehead atoms. The van der Waals surface area contributed by atoms with Crippen molar-refractivity contribution in [2.75, 3.05) is 0 Å². The number of benzene rings is 1. The molecule has 1 aromatic heterocycles. The van der Waals surface area contributed by atoms with Crippen molar-refractivity contribution in [1.82, 2.24) is 9.97 Å². The molecule has 5 atom stereocenters. The minimum absolute atomic E-state index is 0.128. The van der Waals surface area contributed by atoms with Crippen LogP contribution < -0.4 is 0 Å². The van der Waals surface area contributed by atoms with E-state index in [1.807, 2.05) is 12.1 Å². The standard InChI is InChI=1S/C20H24O2.C3H4N2/c1-3-20(22)11-9-18-17-6-4-13-12-14(21)5-7-15(13)16(17)8-10-19(18,20)2;1-2-5-3-4-1/h1,5,7,12,16-18,21-22H,4,6,8-11H2,2H3;1-3H,(H,4,5)/t16-,17-,18+,19+,20+;/m0./s1. The molecule has 3 aliphatic carbocycles. The Balaban J connectivity index is 0.000000314. The summed E-state index contributed by atoms with van der Waals surface area (Å²) in [4.78, 5) is 6.42. The van der Waals surface area contributed by atoms with E-state index in [1.165, 1.54) is 11.1 Å². The van der Waals surface area contributed by atoms with Gasteiger partial charge < -0.3 is 15.2 Å². The van der Waals surface area contributed by atoms with Gasteiger partial charge in [-0.25, -0.2) is 4.98 Å². The number of aliphatic hydroxyl groups is 1. The van der Waals surface area contributed by atoms with Crippen LogP contribution in [0.5, 0.6) is 5.75 Å². The van der Waals surface area contributed by atoms with Crippen LogP contribution in [0.15, 0.2) is 36.9 Å². The number of imidazole rings is 1. The van der Waals surface area contributed by atoms with E-state index in [0.717, 1.165) is 38.5 Å². The normalized spacial score (nSPS) is 36.4. The largest absolute Gasteiger partial charge is 0.508 e. The highest BCUT2D eigenvalue weighted by atomic mass is 16.3. The fourth-order valence-corrected chi connectivity index (χ4v) is 6.04. The number of nitrogens with zero attached hydrogens (tertiary/aromatic N) is 1. The van der Waals surface area contributed by atoms with E-state index in [0.29, 0.717) is 23.5 Å². The number of hydrogen-bond acceptors (Lipinski definition) is 3. The summed E-state index contributed by atoms with van der Waals surface area (Å²) < 4.78 is 0. The molecule has 3 aliphatic rings. The van der Waals surface area contributed by atoms with Crippen molar-refractivity contribution in [1.29, 1.82) is 0 Å². The molecule has 1 heterocycles. The number of phenolic OH excluding ortho intramolecular Hbond substituents is 1. The number of terminal acetylenes is 1. The smallest absolute Gasteiger partial charge is 0.130 e. The molecule has 2 fully saturated rings. The number of rotatable bonds is 0. The van der Waals surface area contributed by atoms with Crippen molar-refractivity contribution in [3.63, 3.8) is 0 Å². The zero-order valence-electron chi connectivity index (χ0n) is 15.9. The van der Waals surface area contributed by atoms with Gasteiger partial charge in [0.1, 0.15) is 11.4 Å². The Hall–Kier alpha value is -2.25. The van der Waals surface area contributed by atoms with Crippen LogP contribution in [-0.2, 0) is 6.42 Å². The molecule has 0 amide bonds. The summed E-state index contributed by atoms with van der Waals surface area (Å²) >= 11 is 0. The topological polar surface area (TPSA) is 69.1 Å². The van der Waals surface area contributed by atoms with Gasteiger partial charge in [0.05, 0.1) is 6.33 Å². The number of fused-ring (bicyclic) bond motifs is 5. The Bertz CT molecular complexity index is 823. The third kappa shape index (κ3) is 2.85. The first-order valence-corrected chi connectivity index (χ1v) is 9.93. The molecule has 4 nitrogen and oxygen atoms in total. The number of H-pyrrole nitrogens is 1. The SMILES string of the molecule is C#C[C@@]1(O)CC[C@@H]2[C@H]3CCc4cc(O)ccc4[C@@H]3CC[C@]21C.c1c[nH]cn1. The molecule has 3 N–H and O–H groups in total. The Kier molecular flexibility index (Phi) is 4.52. The number of aromatic amines is 1. The van der Waals surface area contributed by atoms with Crippen LogP contribution in [0.3, 0.4) is 0 Å². The van der Waals surface area contributed by atoms with E-state index in [-0.39, 0.29) is 5.41 Å². The van der Waals surface area contributed by atoms with E-state index in [2.05, 4.69) is 28.9 Å². The second kappa shape index (κ2) is 6.73. The maximum Gasteiger partial charge on any atom is 0.130 e. The minimum Gasteiger partial charge on any atom is -0.508 e. The molecule has 27 heavy (non-hydrogen) atoms. The first kappa shape index (κ1) is 18.1. The lowest BCUT2D eigenvalue weighted by atomic mass is 9.53. The Morgan fingerprint density at radius 2 is 2.11 bits per heavy atom. The molecule has 142 valence electrons. The second-order valence-electron chi connectivity index (χ2n) is 8.56. The number of hydrogen-bond donors (Lipinski definition) is 3. The summed E-state index contributed by atoms with van der Waals surface area (Å²) in [6.45, 7) is 2.22. The molecular formula is C23H28N2O2. The first-order chi connectivity index (χ1) is 13.0. The van der Waals surface area contributed by atoms with E-state index in [1.54, 1.807) is 18.7 Å². The summed E-state index contributed by atoms with van der Waals surface area (Å²) in [5.74, 6) is 4.82. The van der Waals surface area contributed by atoms with Gasteiger partial charge in [0.15, 0.2) is 0 Å². The van der Waals surface area contributed by atoms with Gasteiger partial charge in [-0.2, -0.15) is 0 Å². The van der Waals surface area contributed by atoms with Crippen molar-refractivity contribution in [2.45, 2.75) is 57.0 Å². The van der Waals surface area contributed by atoms with Gasteiger partial charge in [0, 0.05) is 17.8 Å². The minimum atomic E-state index is -0.919. The Morgan fingerprint density at radius 3 is 2.78 bits per heavy atom. The average molecular weight is 364 g/mol. The third-order valence-corrected chi connectivity index (χ3v) is 7.51. The van der Waals surface area contributed by atoms with Crippen LogP contribution in [0.2, 0.25) is 0 Å². The zero-order valence-corrected chi connectivity index (χ0v) is 15.9. The van der Waals surface area contributed by atoms with Crippen LogP contribution in [0.4, 0.5) is 0 Å². The van der Waals surface area contributed by atoms with Crippen LogP contribution in [0.1, 0.15) is 56.1 Å². The highest BCUT2D eigenvalue weighted by Crippen LogP contribution is 2.64. The molecule has 0 saturated heterocycles. The molecule has 4 heteroatoms. The van der Waals surface area contributed by atoms with Crippen molar-refractivity contribution >= 4 is 0 Å². The Labute approximate surface area is 161 Å². The van der Waals surface area contributed by atoms with E-state index >= 15 is 0 Å². The summed E-state index contributed by atoms with van der Waals surface area (Å²) in [5.41, 5.74) is 1.69. The van der Waals surface area contributed by atoms with Crippen molar-refractivity contribution in [2.24, 2.45) is 17.3 Å². The van der Waals surface area contributed by atoms with Gasteiger partial charge in [-0.1, -0.05) is 18.9 Å². The lowest BCUT2D eigenvalue weighted by molar-refractivity contribution is -0.0646. The lowest BCUT2D eigenvalue weighted by Crippen LogP contribution is -2.50.